The summed E-state index contributed by atoms with van der Waals surface area (Å²) in [5.74, 6) is -1.16. The Morgan fingerprint density at radius 2 is 1.44 bits per heavy atom. The number of aryl methyl sites for hydroxylation is 1. The molecule has 0 heterocycles. The third-order valence-electron chi connectivity index (χ3n) is 4.57. The molecule has 0 aliphatic rings. The summed E-state index contributed by atoms with van der Waals surface area (Å²) >= 11 is 0. The van der Waals surface area contributed by atoms with Gasteiger partial charge in [0.15, 0.2) is 0 Å². The average molecular weight is 493 g/mol. The fourth-order valence-electron chi connectivity index (χ4n) is 2.93. The minimum Gasteiger partial charge on any atom is -0.478 e. The second kappa shape index (κ2) is 9.43. The van der Waals surface area contributed by atoms with E-state index in [0.717, 1.165) is 18.2 Å². The van der Waals surface area contributed by atoms with Gasteiger partial charge in [0.05, 0.1) is 16.0 Å². The normalized spacial score (nSPS) is 11.5. The maximum Gasteiger partial charge on any atom is 0.416 e. The van der Waals surface area contributed by atoms with Gasteiger partial charge in [0.2, 0.25) is 0 Å². The van der Waals surface area contributed by atoms with Crippen LogP contribution in [-0.4, -0.2) is 25.5 Å². The average Bonchev–Trinajstić information content (AvgIpc) is 2.74. The number of carbonyl (C=O) groups excluding carboxylic acids is 1. The van der Waals surface area contributed by atoms with Crippen LogP contribution in [0, 0.1) is 6.92 Å². The Morgan fingerprint density at radius 3 is 2.03 bits per heavy atom. The lowest BCUT2D eigenvalue weighted by molar-refractivity contribution is -0.137. The Morgan fingerprint density at radius 1 is 0.853 bits per heavy atom. The third-order valence-corrected chi connectivity index (χ3v) is 6.09. The Kier molecular flexibility index (Phi) is 6.82. The summed E-state index contributed by atoms with van der Waals surface area (Å²) in [4.78, 5) is 23.0. The van der Waals surface area contributed by atoms with Crippen molar-refractivity contribution in [2.45, 2.75) is 18.0 Å². The Hall–Kier alpha value is -4.06. The summed E-state index contributed by atoms with van der Waals surface area (Å²) in [7, 11) is -4.11. The standard InChI is InChI=1S/C22H18F3N3O5S/c1-13-5-8-18(27-21(31)26-17-4-2-3-15(11-17)22(23,24)25)12-19(13)34(32,33)28-16-9-6-14(7-10-16)20(29)30/h2-12,28H,1H3,(H,29,30)(H2,26,27,31). The molecule has 0 saturated carbocycles. The Bertz CT molecular complexity index is 1340. The maximum atomic E-state index is 12.8. The van der Waals surface area contributed by atoms with Crippen molar-refractivity contribution in [2.24, 2.45) is 0 Å². The first-order valence-electron chi connectivity index (χ1n) is 9.57. The van der Waals surface area contributed by atoms with Crippen LogP contribution in [0.3, 0.4) is 0 Å². The number of benzene rings is 3. The number of anilines is 3. The molecular weight excluding hydrogens is 475 g/mol. The first-order chi connectivity index (χ1) is 15.8. The van der Waals surface area contributed by atoms with Crippen molar-refractivity contribution in [3.05, 3.63) is 83.4 Å². The van der Waals surface area contributed by atoms with E-state index in [4.69, 9.17) is 5.11 Å². The Balaban J connectivity index is 1.76. The molecule has 3 aromatic rings. The van der Waals surface area contributed by atoms with E-state index in [1.54, 1.807) is 0 Å². The van der Waals surface area contributed by atoms with Crippen molar-refractivity contribution in [3.8, 4) is 0 Å². The molecule has 0 bridgehead atoms. The zero-order valence-electron chi connectivity index (χ0n) is 17.5. The van der Waals surface area contributed by atoms with E-state index in [0.29, 0.717) is 5.56 Å². The molecule has 0 aromatic heterocycles. The summed E-state index contributed by atoms with van der Waals surface area (Å²) in [6, 6.07) is 12.3. The molecule has 0 fully saturated rings. The van der Waals surface area contributed by atoms with Gasteiger partial charge < -0.3 is 15.7 Å². The number of sulfonamides is 1. The summed E-state index contributed by atoms with van der Waals surface area (Å²) in [5, 5.41) is 13.6. The summed E-state index contributed by atoms with van der Waals surface area (Å²) < 4.78 is 66.5. The van der Waals surface area contributed by atoms with Gasteiger partial charge in [-0.2, -0.15) is 13.2 Å². The third kappa shape index (κ3) is 6.04. The molecule has 0 atom stereocenters. The van der Waals surface area contributed by atoms with Gasteiger partial charge >= 0.3 is 18.2 Å². The van der Waals surface area contributed by atoms with Gasteiger partial charge in [0.1, 0.15) is 0 Å². The lowest BCUT2D eigenvalue weighted by Crippen LogP contribution is -2.20. The van der Waals surface area contributed by atoms with E-state index < -0.39 is 33.8 Å². The van der Waals surface area contributed by atoms with Gasteiger partial charge in [-0.15, -0.1) is 0 Å². The van der Waals surface area contributed by atoms with Crippen LogP contribution in [-0.2, 0) is 16.2 Å². The molecule has 0 unspecified atom stereocenters. The number of carboxylic acid groups (broad SMARTS) is 1. The molecule has 4 N–H and O–H groups in total. The van der Waals surface area contributed by atoms with E-state index in [2.05, 4.69) is 15.4 Å². The SMILES string of the molecule is Cc1ccc(NC(=O)Nc2cccc(C(F)(F)F)c2)cc1S(=O)(=O)Nc1ccc(C(=O)O)cc1. The highest BCUT2D eigenvalue weighted by Crippen LogP contribution is 2.30. The Labute approximate surface area is 192 Å². The fourth-order valence-corrected chi connectivity index (χ4v) is 4.26. The smallest absolute Gasteiger partial charge is 0.416 e. The van der Waals surface area contributed by atoms with E-state index in [-0.39, 0.29) is 27.5 Å². The van der Waals surface area contributed by atoms with Crippen molar-refractivity contribution in [2.75, 3.05) is 15.4 Å². The van der Waals surface area contributed by atoms with E-state index in [9.17, 15) is 31.2 Å². The first kappa shape index (κ1) is 24.6. The molecule has 3 rings (SSSR count). The van der Waals surface area contributed by atoms with Crippen LogP contribution in [0.2, 0.25) is 0 Å². The van der Waals surface area contributed by atoms with Crippen molar-refractivity contribution < 1.29 is 36.3 Å². The number of carboxylic acids is 1. The summed E-state index contributed by atoms with van der Waals surface area (Å²) in [5.41, 5.74) is -0.479. The van der Waals surface area contributed by atoms with Gasteiger partial charge in [-0.1, -0.05) is 12.1 Å². The topological polar surface area (TPSA) is 125 Å². The molecule has 0 spiro atoms. The van der Waals surface area contributed by atoms with Crippen molar-refractivity contribution in [1.29, 1.82) is 0 Å². The number of rotatable bonds is 6. The number of aromatic carboxylic acids is 1. The minimum absolute atomic E-state index is 0.0166. The molecule has 8 nitrogen and oxygen atoms in total. The molecule has 34 heavy (non-hydrogen) atoms. The second-order valence-electron chi connectivity index (χ2n) is 7.13. The number of alkyl halides is 3. The quantitative estimate of drug-likeness (QED) is 0.378. The fraction of sp³-hybridized carbons (Fsp3) is 0.0909. The highest BCUT2D eigenvalue weighted by atomic mass is 32.2. The van der Waals surface area contributed by atoms with Crippen LogP contribution < -0.4 is 15.4 Å². The first-order valence-corrected chi connectivity index (χ1v) is 11.1. The van der Waals surface area contributed by atoms with Gasteiger partial charge in [-0.3, -0.25) is 4.72 Å². The van der Waals surface area contributed by atoms with Crippen LogP contribution in [0.5, 0.6) is 0 Å². The number of carbonyl (C=O) groups is 2. The van der Waals surface area contributed by atoms with Crippen LogP contribution in [0.15, 0.2) is 71.6 Å². The highest BCUT2D eigenvalue weighted by molar-refractivity contribution is 7.92. The molecule has 0 radical (unpaired) electrons. The van der Waals surface area contributed by atoms with Gasteiger partial charge in [-0.05, 0) is 67.1 Å². The van der Waals surface area contributed by atoms with Crippen LogP contribution in [0.1, 0.15) is 21.5 Å². The minimum atomic E-state index is -4.57. The van der Waals surface area contributed by atoms with Crippen LogP contribution in [0.4, 0.5) is 35.0 Å². The van der Waals surface area contributed by atoms with Crippen molar-refractivity contribution in [3.63, 3.8) is 0 Å². The predicted molar refractivity (Wildman–Crippen MR) is 119 cm³/mol. The number of amides is 2. The number of hydrogen-bond acceptors (Lipinski definition) is 4. The molecule has 0 saturated heterocycles. The number of hydrogen-bond donors (Lipinski definition) is 4. The number of urea groups is 1. The zero-order chi connectivity index (χ0) is 25.1. The maximum absolute atomic E-state index is 12.8. The number of nitrogens with one attached hydrogen (secondary N) is 3. The molecule has 2 amide bonds. The second-order valence-corrected chi connectivity index (χ2v) is 8.78. The zero-order valence-corrected chi connectivity index (χ0v) is 18.3. The summed E-state index contributed by atoms with van der Waals surface area (Å²) in [6.45, 7) is 1.54. The molecule has 3 aromatic carbocycles. The predicted octanol–water partition coefficient (Wildman–Crippen LogP) is 5.16. The largest absolute Gasteiger partial charge is 0.478 e. The van der Waals surface area contributed by atoms with E-state index >= 15 is 0 Å². The molecular formula is C22H18F3N3O5S. The highest BCUT2D eigenvalue weighted by Gasteiger charge is 2.30. The van der Waals surface area contributed by atoms with Crippen molar-refractivity contribution in [1.82, 2.24) is 0 Å². The lowest BCUT2D eigenvalue weighted by atomic mass is 10.2. The van der Waals surface area contributed by atoms with Crippen molar-refractivity contribution >= 4 is 39.1 Å². The van der Waals surface area contributed by atoms with Gasteiger partial charge in [-0.25, -0.2) is 18.0 Å². The molecule has 0 aliphatic carbocycles. The van der Waals surface area contributed by atoms with Gasteiger partial charge in [0.25, 0.3) is 10.0 Å². The van der Waals surface area contributed by atoms with E-state index in [1.165, 1.54) is 55.5 Å². The molecule has 0 aliphatic heterocycles. The van der Waals surface area contributed by atoms with Crippen LogP contribution in [0.25, 0.3) is 0 Å². The lowest BCUT2D eigenvalue weighted by Gasteiger charge is -2.14. The van der Waals surface area contributed by atoms with Crippen LogP contribution >= 0.6 is 0 Å². The summed E-state index contributed by atoms with van der Waals surface area (Å²) in [6.07, 6.45) is -4.57. The molecule has 178 valence electrons. The number of halogens is 3. The van der Waals surface area contributed by atoms with Gasteiger partial charge in [0, 0.05) is 17.1 Å². The van der Waals surface area contributed by atoms with E-state index in [1.807, 2.05) is 0 Å². The molecule has 12 heteroatoms. The monoisotopic (exact) mass is 493 g/mol.